The van der Waals surface area contributed by atoms with Crippen LogP contribution in [-0.2, 0) is 20.8 Å². The van der Waals surface area contributed by atoms with Crippen LogP contribution in [-0.4, -0.2) is 54.6 Å². The van der Waals surface area contributed by atoms with E-state index < -0.39 is 0 Å². The van der Waals surface area contributed by atoms with Gasteiger partial charge >= 0.3 is 0 Å². The molecule has 1 aromatic carbocycles. The maximum atomic E-state index is 5.60. The van der Waals surface area contributed by atoms with Crippen LogP contribution < -0.4 is 0 Å². The minimum Gasteiger partial charge on any atom is -0.379 e. The second-order valence-corrected chi connectivity index (χ2v) is 8.23. The Morgan fingerprint density at radius 1 is 0.857 bits per heavy atom. The predicted octanol–water partition coefficient (Wildman–Crippen LogP) is 4.13. The first-order valence-corrected chi connectivity index (χ1v) is 10.1. The highest BCUT2D eigenvalue weighted by Gasteiger charge is 2.08. The Kier molecular flexibility index (Phi) is 9.61. The Morgan fingerprint density at radius 2 is 1.46 bits per heavy atom. The summed E-state index contributed by atoms with van der Waals surface area (Å²) in [7, 11) is 0. The Balaban J connectivity index is 1.45. The molecule has 0 bridgehead atoms. The van der Waals surface area contributed by atoms with Crippen LogP contribution in [0.15, 0.2) is 30.5 Å². The number of nitrogens with zero attached hydrogens (tertiary/aromatic N) is 3. The summed E-state index contributed by atoms with van der Waals surface area (Å²) in [5.74, 6) is 0. The van der Waals surface area contributed by atoms with Gasteiger partial charge in [-0.2, -0.15) is 0 Å². The van der Waals surface area contributed by atoms with Crippen LogP contribution in [0.25, 0.3) is 11.3 Å². The average molecular weight is 390 g/mol. The van der Waals surface area contributed by atoms with Gasteiger partial charge in [0.05, 0.1) is 45.8 Å². The van der Waals surface area contributed by atoms with E-state index in [2.05, 4.69) is 62.3 Å². The van der Waals surface area contributed by atoms with Gasteiger partial charge in [-0.25, -0.2) is 4.68 Å². The molecular weight excluding hydrogens is 354 g/mol. The molecule has 0 radical (unpaired) electrons. The highest BCUT2D eigenvalue weighted by Crippen LogP contribution is 2.20. The molecule has 2 aromatic rings. The quantitative estimate of drug-likeness (QED) is 0.482. The summed E-state index contributed by atoms with van der Waals surface area (Å²) in [4.78, 5) is 0. The van der Waals surface area contributed by atoms with Crippen molar-refractivity contribution >= 4 is 0 Å². The first kappa shape index (κ1) is 22.5. The van der Waals surface area contributed by atoms with Gasteiger partial charge in [-0.1, -0.05) is 55.8 Å². The molecule has 0 saturated carbocycles. The van der Waals surface area contributed by atoms with Crippen LogP contribution >= 0.6 is 0 Å². The van der Waals surface area contributed by atoms with Crippen molar-refractivity contribution in [3.63, 3.8) is 0 Å². The third kappa shape index (κ3) is 9.44. The van der Waals surface area contributed by atoms with Crippen molar-refractivity contribution in [3.05, 3.63) is 36.0 Å². The molecule has 1 heterocycles. The van der Waals surface area contributed by atoms with Gasteiger partial charge in [0.1, 0.15) is 5.69 Å². The van der Waals surface area contributed by atoms with E-state index in [0.29, 0.717) is 45.0 Å². The van der Waals surface area contributed by atoms with E-state index in [1.54, 1.807) is 0 Å². The molecule has 156 valence electrons. The van der Waals surface area contributed by atoms with E-state index in [9.17, 15) is 0 Å². The fourth-order valence-corrected chi connectivity index (χ4v) is 2.67. The zero-order valence-corrected chi connectivity index (χ0v) is 17.8. The lowest BCUT2D eigenvalue weighted by atomic mass is 9.91. The number of aromatic nitrogens is 3. The van der Waals surface area contributed by atoms with Crippen LogP contribution in [0.3, 0.4) is 0 Å². The fraction of sp³-hybridized carbons (Fsp3) is 0.636. The molecule has 0 fully saturated rings. The zero-order chi connectivity index (χ0) is 20.2. The third-order valence-electron chi connectivity index (χ3n) is 4.31. The van der Waals surface area contributed by atoms with Crippen molar-refractivity contribution in [2.24, 2.45) is 5.41 Å². The first-order chi connectivity index (χ1) is 13.4. The van der Waals surface area contributed by atoms with Gasteiger partial charge in [-0.05, 0) is 25.2 Å². The number of benzene rings is 1. The summed E-state index contributed by atoms with van der Waals surface area (Å²) >= 11 is 0. The molecule has 0 aliphatic carbocycles. The largest absolute Gasteiger partial charge is 0.379 e. The van der Waals surface area contributed by atoms with Gasteiger partial charge in [0.25, 0.3) is 0 Å². The molecule has 0 amide bonds. The van der Waals surface area contributed by atoms with Gasteiger partial charge in [-0.3, -0.25) is 0 Å². The van der Waals surface area contributed by atoms with E-state index in [1.165, 1.54) is 12.0 Å². The second kappa shape index (κ2) is 11.9. The maximum Gasteiger partial charge on any atom is 0.113 e. The molecule has 0 saturated heterocycles. The lowest BCUT2D eigenvalue weighted by Crippen LogP contribution is -2.13. The molecule has 0 N–H and O–H groups in total. The second-order valence-electron chi connectivity index (χ2n) is 8.23. The summed E-state index contributed by atoms with van der Waals surface area (Å²) in [6.07, 6.45) is 4.22. The molecular formula is C22H35N3O3. The standard InChI is InChI=1S/C22H35N3O3/c1-19-6-8-20(9-7-19)21-18-25(24-23-21)11-13-27-15-17-28-16-14-26-12-5-10-22(2,3)4/h6-9,18H,5,10-17H2,1-4H3. The van der Waals surface area contributed by atoms with Crippen molar-refractivity contribution in [1.29, 1.82) is 0 Å². The van der Waals surface area contributed by atoms with Gasteiger partial charge in [-0.15, -0.1) is 5.10 Å². The third-order valence-corrected chi connectivity index (χ3v) is 4.31. The number of rotatable bonds is 13. The molecule has 0 aliphatic rings. The van der Waals surface area contributed by atoms with Gasteiger partial charge in [0.2, 0.25) is 0 Å². The summed E-state index contributed by atoms with van der Waals surface area (Å²) in [5.41, 5.74) is 3.57. The molecule has 28 heavy (non-hydrogen) atoms. The van der Waals surface area contributed by atoms with Gasteiger partial charge in [0.15, 0.2) is 0 Å². The molecule has 2 rings (SSSR count). The molecule has 0 atom stereocenters. The molecule has 6 nitrogen and oxygen atoms in total. The molecule has 0 aliphatic heterocycles. The van der Waals surface area contributed by atoms with E-state index in [4.69, 9.17) is 14.2 Å². The maximum absolute atomic E-state index is 5.60. The number of aryl methyl sites for hydroxylation is 1. The van der Waals surface area contributed by atoms with Crippen molar-refractivity contribution in [1.82, 2.24) is 15.0 Å². The van der Waals surface area contributed by atoms with Crippen molar-refractivity contribution in [2.75, 3.05) is 39.6 Å². The average Bonchev–Trinajstić information content (AvgIpc) is 3.11. The monoisotopic (exact) mass is 389 g/mol. The smallest absolute Gasteiger partial charge is 0.113 e. The number of ether oxygens (including phenoxy) is 3. The minimum atomic E-state index is 0.381. The van der Waals surface area contributed by atoms with Crippen molar-refractivity contribution in [3.8, 4) is 11.3 Å². The van der Waals surface area contributed by atoms with Gasteiger partial charge < -0.3 is 14.2 Å². The number of hydrogen-bond acceptors (Lipinski definition) is 5. The topological polar surface area (TPSA) is 58.4 Å². The van der Waals surface area contributed by atoms with E-state index in [0.717, 1.165) is 24.3 Å². The predicted molar refractivity (Wildman–Crippen MR) is 111 cm³/mol. The van der Waals surface area contributed by atoms with Crippen molar-refractivity contribution < 1.29 is 14.2 Å². The summed E-state index contributed by atoms with van der Waals surface area (Å²) < 4.78 is 18.5. The summed E-state index contributed by atoms with van der Waals surface area (Å²) in [6, 6.07) is 8.28. The Morgan fingerprint density at radius 3 is 2.11 bits per heavy atom. The molecule has 6 heteroatoms. The van der Waals surface area contributed by atoms with Crippen LogP contribution in [0.5, 0.6) is 0 Å². The van der Waals surface area contributed by atoms with Crippen molar-refractivity contribution in [2.45, 2.75) is 47.1 Å². The van der Waals surface area contributed by atoms with Crippen LogP contribution in [0.1, 0.15) is 39.2 Å². The Hall–Kier alpha value is -1.76. The van der Waals surface area contributed by atoms with Gasteiger partial charge in [0, 0.05) is 12.2 Å². The summed E-state index contributed by atoms with van der Waals surface area (Å²) in [6.45, 7) is 13.3. The zero-order valence-electron chi connectivity index (χ0n) is 17.8. The minimum absolute atomic E-state index is 0.381. The van der Waals surface area contributed by atoms with Crippen LogP contribution in [0, 0.1) is 12.3 Å². The molecule has 1 aromatic heterocycles. The van der Waals surface area contributed by atoms with E-state index in [-0.39, 0.29) is 0 Å². The Bertz CT molecular complexity index is 662. The summed E-state index contributed by atoms with van der Waals surface area (Å²) in [5, 5.41) is 8.37. The Labute approximate surface area is 169 Å². The molecule has 0 unspecified atom stereocenters. The highest BCUT2D eigenvalue weighted by atomic mass is 16.5. The van der Waals surface area contributed by atoms with Crippen LogP contribution in [0.4, 0.5) is 0 Å². The van der Waals surface area contributed by atoms with E-state index >= 15 is 0 Å². The highest BCUT2D eigenvalue weighted by molar-refractivity contribution is 5.57. The first-order valence-electron chi connectivity index (χ1n) is 10.1. The number of hydrogen-bond donors (Lipinski definition) is 0. The lowest BCUT2D eigenvalue weighted by molar-refractivity contribution is 0.0113. The SMILES string of the molecule is Cc1ccc(-c2cn(CCOCCOCCOCCCC(C)(C)C)nn2)cc1. The fourth-order valence-electron chi connectivity index (χ4n) is 2.67. The van der Waals surface area contributed by atoms with Crippen LogP contribution in [0.2, 0.25) is 0 Å². The van der Waals surface area contributed by atoms with E-state index in [1.807, 2.05) is 10.9 Å². The normalized spacial score (nSPS) is 11.9. The lowest BCUT2D eigenvalue weighted by Gasteiger charge is -2.17. The molecule has 0 spiro atoms.